The summed E-state index contributed by atoms with van der Waals surface area (Å²) in [5, 5.41) is 2.84. The molecule has 1 N–H and O–H groups in total. The van der Waals surface area contributed by atoms with E-state index in [0.29, 0.717) is 19.1 Å². The summed E-state index contributed by atoms with van der Waals surface area (Å²) in [5.74, 6) is -0.602. The van der Waals surface area contributed by atoms with E-state index in [0.717, 1.165) is 32.1 Å². The van der Waals surface area contributed by atoms with E-state index in [1.54, 1.807) is 0 Å². The van der Waals surface area contributed by atoms with Gasteiger partial charge < -0.3 is 10.1 Å². The molecule has 0 aliphatic heterocycles. The van der Waals surface area contributed by atoms with Crippen molar-refractivity contribution in [2.24, 2.45) is 5.92 Å². The van der Waals surface area contributed by atoms with Gasteiger partial charge in [-0.1, -0.05) is 19.8 Å². The molecule has 0 atom stereocenters. The highest BCUT2D eigenvalue weighted by Gasteiger charge is 2.35. The highest BCUT2D eigenvalue weighted by Crippen LogP contribution is 2.30. The van der Waals surface area contributed by atoms with Crippen LogP contribution in [0.3, 0.4) is 0 Å². The maximum absolute atomic E-state index is 12.8. The van der Waals surface area contributed by atoms with E-state index in [1.165, 1.54) is 6.07 Å². The number of aromatic nitrogens is 2. The van der Waals surface area contributed by atoms with Gasteiger partial charge >= 0.3 is 6.18 Å². The second-order valence-corrected chi connectivity index (χ2v) is 5.30. The van der Waals surface area contributed by atoms with Crippen molar-refractivity contribution in [1.29, 1.82) is 0 Å². The van der Waals surface area contributed by atoms with Gasteiger partial charge in [0.2, 0.25) is 11.7 Å². The van der Waals surface area contributed by atoms with E-state index in [2.05, 4.69) is 15.3 Å². The normalized spacial score (nSPS) is 16.2. The molecule has 0 bridgehead atoms. The Morgan fingerprint density at radius 2 is 2.00 bits per heavy atom. The summed E-state index contributed by atoms with van der Waals surface area (Å²) >= 11 is 0. The highest BCUT2D eigenvalue weighted by molar-refractivity contribution is 5.38. The number of rotatable bonds is 6. The predicted octanol–water partition coefficient (Wildman–Crippen LogP) is 3.89. The van der Waals surface area contributed by atoms with Crippen LogP contribution in [-0.2, 0) is 6.18 Å². The van der Waals surface area contributed by atoms with Crippen LogP contribution in [0, 0.1) is 5.92 Å². The first-order chi connectivity index (χ1) is 9.99. The zero-order valence-electron chi connectivity index (χ0n) is 12.0. The van der Waals surface area contributed by atoms with Crippen LogP contribution >= 0.6 is 0 Å². The third-order valence-electron chi connectivity index (χ3n) is 3.45. The molecule has 2 rings (SSSR count). The molecule has 4 nitrogen and oxygen atoms in total. The van der Waals surface area contributed by atoms with Gasteiger partial charge in [-0.05, 0) is 25.2 Å². The van der Waals surface area contributed by atoms with Crippen molar-refractivity contribution >= 4 is 5.82 Å². The van der Waals surface area contributed by atoms with Crippen molar-refractivity contribution in [1.82, 2.24) is 9.97 Å². The van der Waals surface area contributed by atoms with Gasteiger partial charge in [-0.2, -0.15) is 18.2 Å². The van der Waals surface area contributed by atoms with Crippen molar-refractivity contribution in [2.45, 2.75) is 45.2 Å². The molecule has 1 aromatic heterocycles. The fourth-order valence-electron chi connectivity index (χ4n) is 2.35. The lowest BCUT2D eigenvalue weighted by atomic mass is 10.1. The molecule has 0 spiro atoms. The van der Waals surface area contributed by atoms with Crippen LogP contribution in [-0.4, -0.2) is 23.1 Å². The molecule has 0 radical (unpaired) electrons. The number of nitrogens with one attached hydrogen (secondary N) is 1. The van der Waals surface area contributed by atoms with Crippen molar-refractivity contribution < 1.29 is 17.9 Å². The molecule has 0 unspecified atom stereocenters. The third-order valence-corrected chi connectivity index (χ3v) is 3.45. The van der Waals surface area contributed by atoms with Gasteiger partial charge in [0.05, 0.1) is 6.61 Å². The summed E-state index contributed by atoms with van der Waals surface area (Å²) in [4.78, 5) is 6.97. The number of alkyl halides is 3. The summed E-state index contributed by atoms with van der Waals surface area (Å²) in [5.41, 5.74) is 0. The zero-order chi connectivity index (χ0) is 15.3. The van der Waals surface area contributed by atoms with E-state index in [-0.39, 0.29) is 11.7 Å². The van der Waals surface area contributed by atoms with Gasteiger partial charge in [0.1, 0.15) is 5.82 Å². The molecule has 0 saturated heterocycles. The first-order valence-corrected chi connectivity index (χ1v) is 7.32. The average Bonchev–Trinajstić information content (AvgIpc) is 2.95. The molecule has 1 aromatic rings. The van der Waals surface area contributed by atoms with E-state index >= 15 is 0 Å². The van der Waals surface area contributed by atoms with E-state index in [4.69, 9.17) is 4.74 Å². The quantitative estimate of drug-likeness (QED) is 0.866. The van der Waals surface area contributed by atoms with Crippen molar-refractivity contribution in [3.63, 3.8) is 0 Å². The van der Waals surface area contributed by atoms with Crippen molar-refractivity contribution in [3.05, 3.63) is 11.9 Å². The Labute approximate surface area is 122 Å². The molecule has 118 valence electrons. The van der Waals surface area contributed by atoms with E-state index in [1.807, 2.05) is 6.92 Å². The van der Waals surface area contributed by atoms with Crippen LogP contribution in [0.15, 0.2) is 6.07 Å². The van der Waals surface area contributed by atoms with Crippen LogP contribution in [0.25, 0.3) is 0 Å². The monoisotopic (exact) mass is 303 g/mol. The zero-order valence-corrected chi connectivity index (χ0v) is 12.0. The molecular weight excluding hydrogens is 283 g/mol. The molecule has 1 heterocycles. The maximum atomic E-state index is 12.8. The standard InChI is InChI=1S/C14H20F3N3O/c1-2-7-18-11-8-12(20-13(19-11)14(15,16)17)21-9-10-5-3-4-6-10/h8,10H,2-7,9H2,1H3,(H,18,19,20). The minimum atomic E-state index is -4.57. The summed E-state index contributed by atoms with van der Waals surface area (Å²) in [6, 6.07) is 1.43. The third kappa shape index (κ3) is 4.75. The fraction of sp³-hybridized carbons (Fsp3) is 0.714. The Morgan fingerprint density at radius 3 is 2.62 bits per heavy atom. The minimum Gasteiger partial charge on any atom is -0.477 e. The van der Waals surface area contributed by atoms with Crippen LogP contribution in [0.4, 0.5) is 19.0 Å². The predicted molar refractivity (Wildman–Crippen MR) is 73.3 cm³/mol. The minimum absolute atomic E-state index is 0.0113. The Morgan fingerprint density at radius 1 is 1.29 bits per heavy atom. The summed E-state index contributed by atoms with van der Waals surface area (Å²) in [6.45, 7) is 2.90. The lowest BCUT2D eigenvalue weighted by molar-refractivity contribution is -0.145. The maximum Gasteiger partial charge on any atom is 0.451 e. The molecular formula is C14H20F3N3O. The summed E-state index contributed by atoms with van der Waals surface area (Å²) in [6.07, 6.45) is 0.680. The Hall–Kier alpha value is -1.53. The lowest BCUT2D eigenvalue weighted by Gasteiger charge is -2.14. The number of nitrogens with zero attached hydrogens (tertiary/aromatic N) is 2. The number of ether oxygens (including phenoxy) is 1. The molecule has 0 amide bonds. The highest BCUT2D eigenvalue weighted by atomic mass is 19.4. The van der Waals surface area contributed by atoms with Gasteiger partial charge in [0.25, 0.3) is 0 Å². The Bertz CT molecular complexity index is 459. The number of halogens is 3. The fourth-order valence-corrected chi connectivity index (χ4v) is 2.35. The topological polar surface area (TPSA) is 47.0 Å². The SMILES string of the molecule is CCCNc1cc(OCC2CCCC2)nc(C(F)(F)F)n1. The van der Waals surface area contributed by atoms with Crippen LogP contribution in [0.2, 0.25) is 0 Å². The number of hydrogen-bond donors (Lipinski definition) is 1. The molecule has 1 saturated carbocycles. The largest absolute Gasteiger partial charge is 0.477 e. The van der Waals surface area contributed by atoms with Crippen LogP contribution in [0.5, 0.6) is 5.88 Å². The van der Waals surface area contributed by atoms with Crippen molar-refractivity contribution in [2.75, 3.05) is 18.5 Å². The average molecular weight is 303 g/mol. The van der Waals surface area contributed by atoms with Gasteiger partial charge in [-0.25, -0.2) is 4.98 Å². The van der Waals surface area contributed by atoms with Crippen LogP contribution in [0.1, 0.15) is 44.9 Å². The smallest absolute Gasteiger partial charge is 0.451 e. The van der Waals surface area contributed by atoms with Gasteiger partial charge in [-0.3, -0.25) is 0 Å². The van der Waals surface area contributed by atoms with Gasteiger partial charge in [0.15, 0.2) is 0 Å². The molecule has 21 heavy (non-hydrogen) atoms. The first kappa shape index (κ1) is 15.9. The van der Waals surface area contributed by atoms with Crippen LogP contribution < -0.4 is 10.1 Å². The van der Waals surface area contributed by atoms with Gasteiger partial charge in [-0.15, -0.1) is 0 Å². The van der Waals surface area contributed by atoms with Gasteiger partial charge in [0, 0.05) is 12.6 Å². The first-order valence-electron chi connectivity index (χ1n) is 7.32. The Balaban J connectivity index is 2.09. The number of hydrogen-bond acceptors (Lipinski definition) is 4. The molecule has 0 aromatic carbocycles. The second-order valence-electron chi connectivity index (χ2n) is 5.30. The van der Waals surface area contributed by atoms with E-state index < -0.39 is 12.0 Å². The number of anilines is 1. The Kier molecular flexibility index (Phi) is 5.25. The second kappa shape index (κ2) is 6.95. The molecule has 1 aliphatic rings. The van der Waals surface area contributed by atoms with Crippen molar-refractivity contribution in [3.8, 4) is 5.88 Å². The van der Waals surface area contributed by atoms with E-state index in [9.17, 15) is 13.2 Å². The summed E-state index contributed by atoms with van der Waals surface area (Å²) in [7, 11) is 0. The molecule has 1 aliphatic carbocycles. The summed E-state index contributed by atoms with van der Waals surface area (Å²) < 4.78 is 43.9. The lowest BCUT2D eigenvalue weighted by Crippen LogP contribution is -2.16. The molecule has 7 heteroatoms. The molecule has 1 fully saturated rings.